The van der Waals surface area contributed by atoms with Crippen molar-refractivity contribution in [2.24, 2.45) is 5.73 Å². The highest BCUT2D eigenvalue weighted by molar-refractivity contribution is 6.30. The SMILES string of the molecule is CC(CN)Nc1cc(F)cc(Cl)c1. The lowest BCUT2D eigenvalue weighted by molar-refractivity contribution is 0.628. The van der Waals surface area contributed by atoms with E-state index in [9.17, 15) is 4.39 Å². The molecule has 13 heavy (non-hydrogen) atoms. The topological polar surface area (TPSA) is 38.0 Å². The Hall–Kier alpha value is -0.800. The van der Waals surface area contributed by atoms with Crippen LogP contribution in [0.15, 0.2) is 18.2 Å². The summed E-state index contributed by atoms with van der Waals surface area (Å²) in [5.74, 6) is -0.348. The van der Waals surface area contributed by atoms with Crippen LogP contribution in [-0.4, -0.2) is 12.6 Å². The maximum atomic E-state index is 12.8. The smallest absolute Gasteiger partial charge is 0.126 e. The summed E-state index contributed by atoms with van der Waals surface area (Å²) < 4.78 is 12.8. The van der Waals surface area contributed by atoms with Gasteiger partial charge in [-0.1, -0.05) is 11.6 Å². The molecular formula is C9H12ClFN2. The van der Waals surface area contributed by atoms with Crippen LogP contribution in [0.5, 0.6) is 0 Å². The van der Waals surface area contributed by atoms with E-state index in [1.165, 1.54) is 12.1 Å². The van der Waals surface area contributed by atoms with Gasteiger partial charge < -0.3 is 11.1 Å². The number of halogens is 2. The van der Waals surface area contributed by atoms with E-state index in [0.717, 1.165) is 0 Å². The maximum Gasteiger partial charge on any atom is 0.126 e. The molecule has 0 amide bonds. The fourth-order valence-electron chi connectivity index (χ4n) is 0.981. The van der Waals surface area contributed by atoms with E-state index in [1.807, 2.05) is 6.92 Å². The fourth-order valence-corrected chi connectivity index (χ4v) is 1.20. The second-order valence-electron chi connectivity index (χ2n) is 2.94. The second kappa shape index (κ2) is 4.44. The van der Waals surface area contributed by atoms with Gasteiger partial charge in [0.15, 0.2) is 0 Å². The molecule has 0 spiro atoms. The number of benzene rings is 1. The first-order valence-electron chi connectivity index (χ1n) is 4.04. The molecule has 72 valence electrons. The molecule has 0 aliphatic carbocycles. The molecule has 0 bridgehead atoms. The van der Waals surface area contributed by atoms with E-state index in [2.05, 4.69) is 5.32 Å². The molecule has 0 saturated carbocycles. The van der Waals surface area contributed by atoms with Crippen LogP contribution < -0.4 is 11.1 Å². The number of hydrogen-bond acceptors (Lipinski definition) is 2. The van der Waals surface area contributed by atoms with Gasteiger partial charge in [-0.15, -0.1) is 0 Å². The summed E-state index contributed by atoms with van der Waals surface area (Å²) in [4.78, 5) is 0. The summed E-state index contributed by atoms with van der Waals surface area (Å²) in [6.07, 6.45) is 0. The van der Waals surface area contributed by atoms with Crippen LogP contribution in [0.3, 0.4) is 0 Å². The molecule has 0 aliphatic rings. The van der Waals surface area contributed by atoms with Gasteiger partial charge in [0.2, 0.25) is 0 Å². The van der Waals surface area contributed by atoms with Gasteiger partial charge in [-0.25, -0.2) is 4.39 Å². The summed E-state index contributed by atoms with van der Waals surface area (Å²) in [6, 6.07) is 4.42. The van der Waals surface area contributed by atoms with Crippen molar-refractivity contribution in [2.45, 2.75) is 13.0 Å². The molecule has 0 saturated heterocycles. The minimum Gasteiger partial charge on any atom is -0.381 e. The van der Waals surface area contributed by atoms with Crippen LogP contribution >= 0.6 is 11.6 Å². The Labute approximate surface area is 81.9 Å². The Bertz CT molecular complexity index is 271. The van der Waals surface area contributed by atoms with Crippen molar-refractivity contribution >= 4 is 17.3 Å². The lowest BCUT2D eigenvalue weighted by Crippen LogP contribution is -2.25. The van der Waals surface area contributed by atoms with Crippen LogP contribution in [0.2, 0.25) is 5.02 Å². The molecule has 0 radical (unpaired) electrons. The largest absolute Gasteiger partial charge is 0.381 e. The summed E-state index contributed by atoms with van der Waals surface area (Å²) in [7, 11) is 0. The molecular weight excluding hydrogens is 191 g/mol. The van der Waals surface area contributed by atoms with E-state index < -0.39 is 0 Å². The number of hydrogen-bond donors (Lipinski definition) is 2. The minimum atomic E-state index is -0.348. The van der Waals surface area contributed by atoms with Crippen molar-refractivity contribution in [1.82, 2.24) is 0 Å². The molecule has 1 unspecified atom stereocenters. The van der Waals surface area contributed by atoms with Gasteiger partial charge in [0.05, 0.1) is 0 Å². The molecule has 1 rings (SSSR count). The molecule has 0 fully saturated rings. The average molecular weight is 203 g/mol. The van der Waals surface area contributed by atoms with Crippen LogP contribution in [0.25, 0.3) is 0 Å². The Morgan fingerprint density at radius 2 is 2.23 bits per heavy atom. The van der Waals surface area contributed by atoms with Gasteiger partial charge in [-0.05, 0) is 25.1 Å². The fraction of sp³-hybridized carbons (Fsp3) is 0.333. The van der Waals surface area contributed by atoms with E-state index in [4.69, 9.17) is 17.3 Å². The molecule has 2 nitrogen and oxygen atoms in total. The normalized spacial score (nSPS) is 12.6. The van der Waals surface area contributed by atoms with Crippen molar-refractivity contribution in [1.29, 1.82) is 0 Å². The van der Waals surface area contributed by atoms with Gasteiger partial charge in [0.25, 0.3) is 0 Å². The predicted octanol–water partition coefficient (Wildman–Crippen LogP) is 2.24. The van der Waals surface area contributed by atoms with Crippen molar-refractivity contribution in [3.63, 3.8) is 0 Å². The number of nitrogens with two attached hydrogens (primary N) is 1. The third kappa shape index (κ3) is 3.20. The van der Waals surface area contributed by atoms with Crippen LogP contribution in [0.1, 0.15) is 6.92 Å². The zero-order chi connectivity index (χ0) is 9.84. The predicted molar refractivity (Wildman–Crippen MR) is 53.5 cm³/mol. The molecule has 1 atom stereocenters. The summed E-state index contributed by atoms with van der Waals surface area (Å²) in [5.41, 5.74) is 6.06. The van der Waals surface area contributed by atoms with E-state index in [1.54, 1.807) is 6.07 Å². The van der Waals surface area contributed by atoms with Crippen molar-refractivity contribution in [3.05, 3.63) is 29.0 Å². The second-order valence-corrected chi connectivity index (χ2v) is 3.38. The van der Waals surface area contributed by atoms with Crippen LogP contribution in [0, 0.1) is 5.82 Å². The molecule has 3 N–H and O–H groups in total. The zero-order valence-electron chi connectivity index (χ0n) is 7.35. The molecule has 0 aliphatic heterocycles. The van der Waals surface area contributed by atoms with Crippen molar-refractivity contribution < 1.29 is 4.39 Å². The highest BCUT2D eigenvalue weighted by atomic mass is 35.5. The molecule has 0 aromatic heterocycles. The van der Waals surface area contributed by atoms with Crippen molar-refractivity contribution in [2.75, 3.05) is 11.9 Å². The average Bonchev–Trinajstić information content (AvgIpc) is 2.02. The van der Waals surface area contributed by atoms with Gasteiger partial charge >= 0.3 is 0 Å². The van der Waals surface area contributed by atoms with Crippen LogP contribution in [0.4, 0.5) is 10.1 Å². The zero-order valence-corrected chi connectivity index (χ0v) is 8.11. The van der Waals surface area contributed by atoms with E-state index in [-0.39, 0.29) is 11.9 Å². The van der Waals surface area contributed by atoms with Crippen molar-refractivity contribution in [3.8, 4) is 0 Å². The summed E-state index contributed by atoms with van der Waals surface area (Å²) in [5, 5.41) is 3.40. The van der Waals surface area contributed by atoms with Crippen LogP contribution in [-0.2, 0) is 0 Å². The van der Waals surface area contributed by atoms with Gasteiger partial charge in [0.1, 0.15) is 5.82 Å². The number of rotatable bonds is 3. The Kier molecular flexibility index (Phi) is 3.51. The molecule has 1 aromatic rings. The summed E-state index contributed by atoms with van der Waals surface area (Å²) >= 11 is 5.67. The number of anilines is 1. The standard InChI is InChI=1S/C9H12ClFN2/c1-6(5-12)13-9-3-7(10)2-8(11)4-9/h2-4,6,13H,5,12H2,1H3. The van der Waals surface area contributed by atoms with Gasteiger partial charge in [0, 0.05) is 23.3 Å². The quantitative estimate of drug-likeness (QED) is 0.789. The Balaban J connectivity index is 2.77. The summed E-state index contributed by atoms with van der Waals surface area (Å²) in [6.45, 7) is 2.41. The first kappa shape index (κ1) is 10.3. The lowest BCUT2D eigenvalue weighted by atomic mass is 10.2. The third-order valence-corrected chi connectivity index (χ3v) is 1.85. The Morgan fingerprint density at radius 1 is 1.54 bits per heavy atom. The molecule has 1 aromatic carbocycles. The minimum absolute atomic E-state index is 0.109. The number of nitrogens with one attached hydrogen (secondary N) is 1. The monoisotopic (exact) mass is 202 g/mol. The van der Waals surface area contributed by atoms with Gasteiger partial charge in [-0.3, -0.25) is 0 Å². The van der Waals surface area contributed by atoms with E-state index >= 15 is 0 Å². The first-order chi connectivity index (χ1) is 6.11. The molecule has 4 heteroatoms. The third-order valence-electron chi connectivity index (χ3n) is 1.63. The van der Waals surface area contributed by atoms with Gasteiger partial charge in [-0.2, -0.15) is 0 Å². The highest BCUT2D eigenvalue weighted by Crippen LogP contribution is 2.18. The first-order valence-corrected chi connectivity index (χ1v) is 4.42. The highest BCUT2D eigenvalue weighted by Gasteiger charge is 2.01. The molecule has 0 heterocycles. The van der Waals surface area contributed by atoms with E-state index in [0.29, 0.717) is 17.3 Å². The Morgan fingerprint density at radius 3 is 2.77 bits per heavy atom. The maximum absolute atomic E-state index is 12.8. The lowest BCUT2D eigenvalue weighted by Gasteiger charge is -2.12.